The van der Waals surface area contributed by atoms with Gasteiger partial charge in [0.25, 0.3) is 0 Å². The molecule has 1 aromatic heterocycles. The van der Waals surface area contributed by atoms with Crippen molar-refractivity contribution in [1.29, 1.82) is 0 Å². The molecule has 0 fully saturated rings. The van der Waals surface area contributed by atoms with Crippen LogP contribution in [0, 0.1) is 0 Å². The molecule has 0 spiro atoms. The first-order valence-corrected chi connectivity index (χ1v) is 5.61. The summed E-state index contributed by atoms with van der Waals surface area (Å²) in [6, 6.07) is 1.75. The quantitative estimate of drug-likeness (QED) is 0.704. The molecule has 1 rings (SSSR count). The fourth-order valence-electron chi connectivity index (χ4n) is 0.584. The monoisotopic (exact) mass is 246 g/mol. The van der Waals surface area contributed by atoms with Gasteiger partial charge < -0.3 is 0 Å². The zero-order chi connectivity index (χ0) is 8.43. The number of carbonyl (C=O) groups excluding carboxylic acids is 1. The van der Waals surface area contributed by atoms with Crippen molar-refractivity contribution in [2.75, 3.05) is 6.26 Å². The van der Waals surface area contributed by atoms with Crippen molar-refractivity contribution < 1.29 is 4.79 Å². The van der Waals surface area contributed by atoms with E-state index < -0.39 is 0 Å². The molecule has 0 aliphatic rings. The first-order valence-electron chi connectivity index (χ1n) is 2.78. The summed E-state index contributed by atoms with van der Waals surface area (Å²) in [5.74, 6) is 0. The van der Waals surface area contributed by atoms with Gasteiger partial charge in [-0.1, -0.05) is 27.7 Å². The molecule has 56 valence electrons. The van der Waals surface area contributed by atoms with Crippen molar-refractivity contribution in [3.8, 4) is 0 Å². The van der Waals surface area contributed by atoms with Crippen molar-refractivity contribution in [3.63, 3.8) is 0 Å². The zero-order valence-electron chi connectivity index (χ0n) is 5.76. The molecule has 0 N–H and O–H groups in total. The van der Waals surface area contributed by atoms with Crippen LogP contribution in [0.15, 0.2) is 10.5 Å². The average Bonchev–Trinajstić information content (AvgIpc) is 2.31. The predicted octanol–water partition coefficient (Wildman–Crippen LogP) is 1.81. The number of carbonyl (C=O) groups is 1. The van der Waals surface area contributed by atoms with Crippen molar-refractivity contribution in [3.05, 3.63) is 15.4 Å². The Bertz CT molecular complexity index is 265. The lowest BCUT2D eigenvalue weighted by Crippen LogP contribution is -1.93. The number of hydrogen-bond acceptors (Lipinski definition) is 3. The van der Waals surface area contributed by atoms with Gasteiger partial charge in [-0.15, -0.1) is 11.3 Å². The molecule has 0 saturated heterocycles. The van der Waals surface area contributed by atoms with Crippen LogP contribution in [-0.2, 0) is 0 Å². The summed E-state index contributed by atoms with van der Waals surface area (Å²) in [5, 5.41) is 0.0624. The molecule has 1 nitrogen and oxygen atoms in total. The van der Waals surface area contributed by atoms with Gasteiger partial charge in [-0.2, -0.15) is 0 Å². The summed E-state index contributed by atoms with van der Waals surface area (Å²) in [4.78, 5) is 11.8. The highest BCUT2D eigenvalue weighted by atomic mass is 79.9. The standard InChI is InChI=1S/C6H4BBrOS2/c1-10-6(9)4-2-3(8)5(7)11-4/h2H,1H3. The van der Waals surface area contributed by atoms with E-state index in [9.17, 15) is 4.79 Å². The maximum absolute atomic E-state index is 11.1. The van der Waals surface area contributed by atoms with E-state index in [4.69, 9.17) is 7.85 Å². The maximum atomic E-state index is 11.1. The van der Waals surface area contributed by atoms with Crippen LogP contribution in [0.25, 0.3) is 0 Å². The third kappa shape index (κ3) is 2.10. The van der Waals surface area contributed by atoms with E-state index >= 15 is 0 Å². The first kappa shape index (κ1) is 9.35. The summed E-state index contributed by atoms with van der Waals surface area (Å²) < 4.78 is 1.46. The van der Waals surface area contributed by atoms with Crippen LogP contribution in [0.1, 0.15) is 9.67 Å². The van der Waals surface area contributed by atoms with Gasteiger partial charge >= 0.3 is 0 Å². The zero-order valence-corrected chi connectivity index (χ0v) is 8.98. The van der Waals surface area contributed by atoms with Gasteiger partial charge in [-0.3, -0.25) is 4.79 Å². The molecule has 11 heavy (non-hydrogen) atoms. The summed E-state index contributed by atoms with van der Waals surface area (Å²) in [7, 11) is 5.54. The van der Waals surface area contributed by atoms with Crippen molar-refractivity contribution in [1.82, 2.24) is 0 Å². The van der Waals surface area contributed by atoms with E-state index in [0.717, 1.165) is 4.47 Å². The van der Waals surface area contributed by atoms with E-state index in [1.54, 1.807) is 12.3 Å². The Morgan fingerprint density at radius 2 is 2.45 bits per heavy atom. The molecule has 0 aliphatic heterocycles. The minimum Gasteiger partial charge on any atom is -0.281 e. The normalized spacial score (nSPS) is 10.0. The molecule has 0 atom stereocenters. The lowest BCUT2D eigenvalue weighted by molar-refractivity contribution is 0.109. The van der Waals surface area contributed by atoms with Crippen LogP contribution >= 0.6 is 39.0 Å². The van der Waals surface area contributed by atoms with Gasteiger partial charge in [0.1, 0.15) is 7.85 Å². The third-order valence-electron chi connectivity index (χ3n) is 1.10. The van der Waals surface area contributed by atoms with Crippen molar-refractivity contribution in [2.24, 2.45) is 0 Å². The summed E-state index contributed by atoms with van der Waals surface area (Å²) in [6.07, 6.45) is 1.76. The largest absolute Gasteiger partial charge is 0.281 e. The molecule has 0 amide bonds. The Morgan fingerprint density at radius 1 is 1.82 bits per heavy atom. The average molecular weight is 247 g/mol. The van der Waals surface area contributed by atoms with Crippen LogP contribution < -0.4 is 4.78 Å². The Morgan fingerprint density at radius 3 is 2.82 bits per heavy atom. The first-order chi connectivity index (χ1) is 5.15. The smallest absolute Gasteiger partial charge is 0.229 e. The predicted molar refractivity (Wildman–Crippen MR) is 55.3 cm³/mol. The van der Waals surface area contributed by atoms with E-state index in [1.165, 1.54) is 23.1 Å². The van der Waals surface area contributed by atoms with Crippen LogP contribution in [0.2, 0.25) is 0 Å². The second-order valence-corrected chi connectivity index (χ2v) is 4.53. The van der Waals surface area contributed by atoms with Crippen molar-refractivity contribution >= 4 is 56.8 Å². The van der Waals surface area contributed by atoms with Crippen LogP contribution in [-0.4, -0.2) is 19.2 Å². The lowest BCUT2D eigenvalue weighted by Gasteiger charge is -1.86. The fourth-order valence-corrected chi connectivity index (χ4v) is 2.50. The SMILES string of the molecule is [B]c1sc(C(=O)SC)cc1Br. The molecular weight excluding hydrogens is 243 g/mol. The minimum atomic E-state index is 0.0624. The molecule has 0 saturated carbocycles. The summed E-state index contributed by atoms with van der Waals surface area (Å²) in [5.41, 5.74) is 0. The number of thiophene rings is 1. The van der Waals surface area contributed by atoms with Gasteiger partial charge in [0.15, 0.2) is 0 Å². The fraction of sp³-hybridized carbons (Fsp3) is 0.167. The molecule has 2 radical (unpaired) electrons. The van der Waals surface area contributed by atoms with Crippen LogP contribution in [0.5, 0.6) is 0 Å². The second kappa shape index (κ2) is 3.78. The Kier molecular flexibility index (Phi) is 3.22. The number of rotatable bonds is 1. The van der Waals surface area contributed by atoms with E-state index in [2.05, 4.69) is 15.9 Å². The van der Waals surface area contributed by atoms with Crippen molar-refractivity contribution in [2.45, 2.75) is 0 Å². The van der Waals surface area contributed by atoms with E-state index in [1.807, 2.05) is 0 Å². The van der Waals surface area contributed by atoms with Gasteiger partial charge in [0.2, 0.25) is 5.12 Å². The van der Waals surface area contributed by atoms with Gasteiger partial charge in [0.05, 0.1) is 4.88 Å². The molecule has 0 aromatic carbocycles. The maximum Gasteiger partial charge on any atom is 0.229 e. The molecule has 0 aliphatic carbocycles. The summed E-state index contributed by atoms with van der Waals surface area (Å²) in [6.45, 7) is 0. The summed E-state index contributed by atoms with van der Waals surface area (Å²) >= 11 is 5.74. The Balaban J connectivity index is 2.97. The van der Waals surface area contributed by atoms with Gasteiger partial charge in [-0.05, 0) is 17.1 Å². The molecule has 1 heterocycles. The van der Waals surface area contributed by atoms with E-state index in [-0.39, 0.29) is 5.12 Å². The lowest BCUT2D eigenvalue weighted by atomic mass is 10.1. The Labute approximate surface area is 83.1 Å². The third-order valence-corrected chi connectivity index (χ3v) is 3.70. The number of thioether (sulfide) groups is 1. The molecule has 0 bridgehead atoms. The highest BCUT2D eigenvalue weighted by molar-refractivity contribution is 9.10. The highest BCUT2D eigenvalue weighted by Gasteiger charge is 2.08. The molecular formula is C6H4BBrOS2. The second-order valence-electron chi connectivity index (χ2n) is 1.81. The van der Waals surface area contributed by atoms with Gasteiger partial charge in [-0.25, -0.2) is 0 Å². The van der Waals surface area contributed by atoms with Gasteiger partial charge in [0, 0.05) is 4.47 Å². The number of halogens is 1. The molecule has 1 aromatic rings. The topological polar surface area (TPSA) is 17.1 Å². The van der Waals surface area contributed by atoms with E-state index in [0.29, 0.717) is 9.65 Å². The molecule has 5 heteroatoms. The molecule has 0 unspecified atom stereocenters. The van der Waals surface area contributed by atoms with Crippen LogP contribution in [0.3, 0.4) is 0 Å². The number of hydrogen-bond donors (Lipinski definition) is 0. The Hall–Kier alpha value is 0.265. The highest BCUT2D eigenvalue weighted by Crippen LogP contribution is 2.20. The van der Waals surface area contributed by atoms with Crippen LogP contribution in [0.4, 0.5) is 0 Å². The minimum absolute atomic E-state index is 0.0624.